The number of aromatic nitrogens is 2. The average molecular weight is 612 g/mol. The quantitative estimate of drug-likeness (QED) is 0.107. The Bertz CT molecular complexity index is 1410. The molecular formula is C29H28BrFN4O3S. The van der Waals surface area contributed by atoms with Gasteiger partial charge in [-0.15, -0.1) is 11.8 Å². The molecule has 202 valence electrons. The van der Waals surface area contributed by atoms with E-state index < -0.39 is 6.23 Å². The molecule has 0 saturated heterocycles. The van der Waals surface area contributed by atoms with Crippen LogP contribution in [0.1, 0.15) is 24.3 Å². The number of carbonyl (C=O) groups is 2. The molecule has 4 rings (SSSR count). The minimum atomic E-state index is -0.715. The van der Waals surface area contributed by atoms with Gasteiger partial charge < -0.3 is 15.0 Å². The Kier molecular flexibility index (Phi) is 9.91. The molecule has 0 fully saturated rings. The molecule has 0 aliphatic heterocycles. The lowest BCUT2D eigenvalue weighted by atomic mass is 10.1. The highest BCUT2D eigenvalue weighted by Crippen LogP contribution is 2.33. The second kappa shape index (κ2) is 13.5. The van der Waals surface area contributed by atoms with Gasteiger partial charge in [0.15, 0.2) is 6.23 Å². The van der Waals surface area contributed by atoms with Crippen LogP contribution in [0, 0.1) is 5.82 Å². The summed E-state index contributed by atoms with van der Waals surface area (Å²) in [7, 11) is 0. The lowest BCUT2D eigenvalue weighted by Crippen LogP contribution is -2.31. The molecule has 4 aromatic rings. The maximum absolute atomic E-state index is 13.7. The molecule has 0 spiro atoms. The molecule has 3 aromatic carbocycles. The van der Waals surface area contributed by atoms with Crippen LogP contribution >= 0.6 is 27.7 Å². The smallest absolute Gasteiger partial charge is 0.212 e. The molecule has 7 nitrogen and oxygen atoms in total. The van der Waals surface area contributed by atoms with E-state index in [2.05, 4.69) is 21.2 Å². The molecule has 39 heavy (non-hydrogen) atoms. The van der Waals surface area contributed by atoms with Crippen molar-refractivity contribution in [1.29, 1.82) is 0 Å². The van der Waals surface area contributed by atoms with Gasteiger partial charge >= 0.3 is 0 Å². The zero-order chi connectivity index (χ0) is 27.8. The molecule has 2 amide bonds. The Hall–Kier alpha value is -3.47. The van der Waals surface area contributed by atoms with Gasteiger partial charge in [0, 0.05) is 39.8 Å². The number of amides is 2. The normalized spacial score (nSPS) is 11.7. The molecule has 0 radical (unpaired) electrons. The number of hydrogen-bond acceptors (Lipinski definition) is 5. The number of anilines is 1. The lowest BCUT2D eigenvalue weighted by Gasteiger charge is -2.28. The van der Waals surface area contributed by atoms with Gasteiger partial charge in [0.2, 0.25) is 12.8 Å². The third-order valence-electron chi connectivity index (χ3n) is 6.12. The molecule has 0 bridgehead atoms. The van der Waals surface area contributed by atoms with Crippen LogP contribution < -0.4 is 5.32 Å². The van der Waals surface area contributed by atoms with Gasteiger partial charge in [-0.05, 0) is 85.8 Å². The number of ether oxygens (including phenoxy) is 1. The van der Waals surface area contributed by atoms with Gasteiger partial charge in [0.05, 0.1) is 11.4 Å². The predicted octanol–water partition coefficient (Wildman–Crippen LogP) is 6.47. The highest BCUT2D eigenvalue weighted by atomic mass is 79.9. The summed E-state index contributed by atoms with van der Waals surface area (Å²) in [5.74, 6) is -0.345. The van der Waals surface area contributed by atoms with Crippen molar-refractivity contribution in [3.8, 4) is 16.9 Å². The number of carbonyl (C=O) groups excluding carboxylic acids is 2. The fourth-order valence-corrected chi connectivity index (χ4v) is 5.09. The molecule has 1 aromatic heterocycles. The Morgan fingerprint density at radius 2 is 1.87 bits per heavy atom. The first-order chi connectivity index (χ1) is 19.0. The Balaban J connectivity index is 1.69. The van der Waals surface area contributed by atoms with E-state index >= 15 is 0 Å². The predicted molar refractivity (Wildman–Crippen MR) is 155 cm³/mol. The Labute approximate surface area is 239 Å². The van der Waals surface area contributed by atoms with Gasteiger partial charge in [-0.1, -0.05) is 22.0 Å². The van der Waals surface area contributed by atoms with E-state index in [9.17, 15) is 14.0 Å². The number of nitrogens with one attached hydrogen (secondary N) is 1. The Morgan fingerprint density at radius 3 is 2.51 bits per heavy atom. The number of halogens is 2. The van der Waals surface area contributed by atoms with E-state index in [-0.39, 0.29) is 5.82 Å². The summed E-state index contributed by atoms with van der Waals surface area (Å²) in [6, 6.07) is 19.6. The van der Waals surface area contributed by atoms with E-state index in [4.69, 9.17) is 9.84 Å². The van der Waals surface area contributed by atoms with E-state index in [0.29, 0.717) is 42.8 Å². The molecule has 0 aliphatic rings. The Morgan fingerprint density at radius 1 is 1.13 bits per heavy atom. The van der Waals surface area contributed by atoms with E-state index in [1.807, 2.05) is 61.8 Å². The van der Waals surface area contributed by atoms with E-state index in [1.54, 1.807) is 21.7 Å². The summed E-state index contributed by atoms with van der Waals surface area (Å²) in [5, 5.41) is 7.52. The maximum Gasteiger partial charge on any atom is 0.212 e. The largest absolute Gasteiger partial charge is 0.354 e. The number of nitrogens with zero attached hydrogens (tertiary/aromatic N) is 3. The minimum Gasteiger partial charge on any atom is -0.354 e. The summed E-state index contributed by atoms with van der Waals surface area (Å²) in [5.41, 5.74) is 4.58. The fraction of sp³-hybridized carbons (Fsp3) is 0.207. The molecular weight excluding hydrogens is 583 g/mol. The lowest BCUT2D eigenvalue weighted by molar-refractivity contribution is -0.133. The van der Waals surface area contributed by atoms with Crippen molar-refractivity contribution in [3.05, 3.63) is 94.3 Å². The monoisotopic (exact) mass is 610 g/mol. The molecule has 0 aliphatic carbocycles. The van der Waals surface area contributed by atoms with Crippen molar-refractivity contribution in [2.45, 2.75) is 24.5 Å². The first-order valence-electron chi connectivity index (χ1n) is 12.3. The fourth-order valence-electron chi connectivity index (χ4n) is 4.21. The van der Waals surface area contributed by atoms with Crippen molar-refractivity contribution in [3.63, 3.8) is 0 Å². The molecule has 1 N–H and O–H groups in total. The zero-order valence-corrected chi connectivity index (χ0v) is 23.9. The topological polar surface area (TPSA) is 76.5 Å². The van der Waals surface area contributed by atoms with Gasteiger partial charge in [0.25, 0.3) is 0 Å². The summed E-state index contributed by atoms with van der Waals surface area (Å²) >= 11 is 4.99. The molecule has 10 heteroatoms. The van der Waals surface area contributed by atoms with Crippen LogP contribution in [0.4, 0.5) is 10.1 Å². The SMILES string of the molecule is CCOC(c1cn(-c2ccc(Br)cc2)nc1-c1ccc(F)cc1)N(C=O)CCc1ccc(NC=O)c(SC)c1. The summed E-state index contributed by atoms with van der Waals surface area (Å²) in [6.45, 7) is 2.62. The van der Waals surface area contributed by atoms with Gasteiger partial charge in [-0.25, -0.2) is 9.07 Å². The van der Waals surface area contributed by atoms with Gasteiger partial charge in [-0.3, -0.25) is 9.59 Å². The van der Waals surface area contributed by atoms with Gasteiger partial charge in [-0.2, -0.15) is 5.10 Å². The number of thioether (sulfide) groups is 1. The van der Waals surface area contributed by atoms with E-state index in [0.717, 1.165) is 32.7 Å². The van der Waals surface area contributed by atoms with Gasteiger partial charge in [0.1, 0.15) is 11.5 Å². The van der Waals surface area contributed by atoms with Crippen LogP contribution in [-0.4, -0.2) is 46.9 Å². The second-order valence-electron chi connectivity index (χ2n) is 8.56. The average Bonchev–Trinajstić information content (AvgIpc) is 3.39. The maximum atomic E-state index is 13.7. The number of hydrogen-bond donors (Lipinski definition) is 1. The van der Waals surface area contributed by atoms with Crippen molar-refractivity contribution in [2.24, 2.45) is 0 Å². The minimum absolute atomic E-state index is 0.345. The summed E-state index contributed by atoms with van der Waals surface area (Å²) in [4.78, 5) is 25.8. The summed E-state index contributed by atoms with van der Waals surface area (Å²) in [6.07, 6.45) is 5.09. The van der Waals surface area contributed by atoms with Crippen molar-refractivity contribution in [1.82, 2.24) is 14.7 Å². The number of benzene rings is 3. The first kappa shape index (κ1) is 28.5. The molecule has 1 atom stereocenters. The third-order valence-corrected chi connectivity index (χ3v) is 7.42. The highest BCUT2D eigenvalue weighted by molar-refractivity contribution is 9.10. The molecule has 1 heterocycles. The van der Waals surface area contributed by atoms with Crippen LogP contribution in [-0.2, 0) is 20.7 Å². The van der Waals surface area contributed by atoms with Crippen molar-refractivity contribution >= 4 is 46.2 Å². The first-order valence-corrected chi connectivity index (χ1v) is 14.3. The molecule has 0 saturated carbocycles. The van der Waals surface area contributed by atoms with Crippen molar-refractivity contribution < 1.29 is 18.7 Å². The highest BCUT2D eigenvalue weighted by Gasteiger charge is 2.26. The van der Waals surface area contributed by atoms with Crippen LogP contribution in [0.5, 0.6) is 0 Å². The standard InChI is InChI=1S/C29H28BrFN4O3S/c1-3-38-29(34(19-37)15-14-20-4-13-26(32-18-36)27(16-20)39-2)25-17-35(24-11-7-22(30)8-12-24)33-28(25)21-5-9-23(31)10-6-21/h4-13,16-19,29H,3,14-15H2,1-2H3,(H,32,36). The summed E-state index contributed by atoms with van der Waals surface area (Å²) < 4.78 is 22.5. The number of rotatable bonds is 13. The van der Waals surface area contributed by atoms with Crippen molar-refractivity contribution in [2.75, 3.05) is 24.7 Å². The van der Waals surface area contributed by atoms with Crippen LogP contribution in [0.25, 0.3) is 16.9 Å². The second-order valence-corrected chi connectivity index (χ2v) is 10.3. The zero-order valence-electron chi connectivity index (χ0n) is 21.5. The van der Waals surface area contributed by atoms with E-state index in [1.165, 1.54) is 23.9 Å². The van der Waals surface area contributed by atoms with Crippen LogP contribution in [0.3, 0.4) is 0 Å². The third kappa shape index (κ3) is 6.95. The van der Waals surface area contributed by atoms with Crippen LogP contribution in [0.2, 0.25) is 0 Å². The van der Waals surface area contributed by atoms with Crippen LogP contribution in [0.15, 0.2) is 82.3 Å². The molecule has 1 unspecified atom stereocenters.